The summed E-state index contributed by atoms with van der Waals surface area (Å²) < 4.78 is 0. The molecule has 0 aromatic heterocycles. The van der Waals surface area contributed by atoms with Gasteiger partial charge in [0, 0.05) is 33.1 Å². The Morgan fingerprint density at radius 2 is 0.929 bits per heavy atom. The molecule has 0 spiro atoms. The SMILES string of the molecule is C1CCC(NC2CCCCC2)CC1.[Mo]. The van der Waals surface area contributed by atoms with Crippen LogP contribution in [0.1, 0.15) is 64.2 Å². The van der Waals surface area contributed by atoms with Gasteiger partial charge in [0.25, 0.3) is 0 Å². The zero-order chi connectivity index (χ0) is 8.93. The third kappa shape index (κ3) is 4.03. The van der Waals surface area contributed by atoms with E-state index in [1.54, 1.807) is 0 Å². The average Bonchev–Trinajstić information content (AvgIpc) is 2.21. The second-order valence-corrected chi connectivity index (χ2v) is 4.84. The third-order valence-corrected chi connectivity index (χ3v) is 3.68. The van der Waals surface area contributed by atoms with Crippen molar-refractivity contribution in [3.05, 3.63) is 0 Å². The van der Waals surface area contributed by atoms with Crippen LogP contribution < -0.4 is 5.32 Å². The molecule has 0 aliphatic heterocycles. The maximum absolute atomic E-state index is 3.86. The third-order valence-electron chi connectivity index (χ3n) is 3.68. The smallest absolute Gasteiger partial charge is 0.00696 e. The molecule has 1 nitrogen and oxygen atoms in total. The van der Waals surface area contributed by atoms with Crippen molar-refractivity contribution in [3.8, 4) is 0 Å². The first-order chi connectivity index (χ1) is 6.45. The molecule has 2 aliphatic carbocycles. The van der Waals surface area contributed by atoms with Gasteiger partial charge in [-0.3, -0.25) is 0 Å². The first-order valence-corrected chi connectivity index (χ1v) is 6.21. The quantitative estimate of drug-likeness (QED) is 0.764. The Morgan fingerprint density at radius 3 is 1.29 bits per heavy atom. The van der Waals surface area contributed by atoms with Crippen LogP contribution in [0, 0.1) is 0 Å². The number of rotatable bonds is 2. The molecule has 2 aliphatic rings. The van der Waals surface area contributed by atoms with Gasteiger partial charge in [-0.1, -0.05) is 38.5 Å². The molecule has 0 aromatic rings. The second-order valence-electron chi connectivity index (χ2n) is 4.84. The van der Waals surface area contributed by atoms with Crippen LogP contribution in [0.4, 0.5) is 0 Å². The monoisotopic (exact) mass is 279 g/mol. The first-order valence-electron chi connectivity index (χ1n) is 6.21. The van der Waals surface area contributed by atoms with Gasteiger partial charge in [-0.2, -0.15) is 0 Å². The van der Waals surface area contributed by atoms with E-state index in [1.807, 2.05) is 0 Å². The van der Waals surface area contributed by atoms with Gasteiger partial charge in [0.15, 0.2) is 0 Å². The van der Waals surface area contributed by atoms with Crippen molar-refractivity contribution in [3.63, 3.8) is 0 Å². The molecule has 2 heteroatoms. The molecule has 2 fully saturated rings. The van der Waals surface area contributed by atoms with Crippen LogP contribution in [-0.2, 0) is 21.1 Å². The Hall–Kier alpha value is 0.648. The summed E-state index contributed by atoms with van der Waals surface area (Å²) in [6, 6.07) is 1.74. The van der Waals surface area contributed by atoms with E-state index < -0.39 is 0 Å². The summed E-state index contributed by atoms with van der Waals surface area (Å²) in [5, 5.41) is 3.86. The van der Waals surface area contributed by atoms with Crippen molar-refractivity contribution >= 4 is 0 Å². The molecule has 0 saturated heterocycles. The summed E-state index contributed by atoms with van der Waals surface area (Å²) in [6.45, 7) is 0. The van der Waals surface area contributed by atoms with Crippen LogP contribution in [0.25, 0.3) is 0 Å². The van der Waals surface area contributed by atoms with Crippen molar-refractivity contribution in [2.24, 2.45) is 0 Å². The van der Waals surface area contributed by atoms with Gasteiger partial charge in [0.1, 0.15) is 0 Å². The van der Waals surface area contributed by atoms with Crippen molar-refractivity contribution in [2.75, 3.05) is 0 Å². The molecule has 0 bridgehead atoms. The molecule has 82 valence electrons. The Labute approximate surface area is 103 Å². The van der Waals surface area contributed by atoms with E-state index in [0.717, 1.165) is 12.1 Å². The molecule has 0 radical (unpaired) electrons. The summed E-state index contributed by atoms with van der Waals surface area (Å²) in [6.07, 6.45) is 14.6. The molecule has 0 atom stereocenters. The van der Waals surface area contributed by atoms with Crippen LogP contribution >= 0.6 is 0 Å². The van der Waals surface area contributed by atoms with Gasteiger partial charge in [-0.05, 0) is 25.7 Å². The predicted octanol–water partition coefficient (Wildman–Crippen LogP) is 3.24. The maximum Gasteiger partial charge on any atom is 0.00696 e. The number of hydrogen-bond donors (Lipinski definition) is 1. The first kappa shape index (κ1) is 12.7. The van der Waals surface area contributed by atoms with Gasteiger partial charge in [-0.15, -0.1) is 0 Å². The topological polar surface area (TPSA) is 12.0 Å². The standard InChI is InChI=1S/C12H23N.Mo/c1-3-7-11(8-4-1)13-12-9-5-2-6-10-12;/h11-13H,1-10H2;. The van der Waals surface area contributed by atoms with Gasteiger partial charge in [0.2, 0.25) is 0 Å². The average molecular weight is 277 g/mol. The van der Waals surface area contributed by atoms with Crippen molar-refractivity contribution in [1.29, 1.82) is 0 Å². The van der Waals surface area contributed by atoms with Crippen LogP contribution in [0.5, 0.6) is 0 Å². The van der Waals surface area contributed by atoms with Gasteiger partial charge < -0.3 is 5.32 Å². The van der Waals surface area contributed by atoms with Crippen molar-refractivity contribution in [1.82, 2.24) is 5.32 Å². The molecule has 0 aromatic carbocycles. The fourth-order valence-electron chi connectivity index (χ4n) is 2.87. The zero-order valence-corrected chi connectivity index (χ0v) is 11.1. The van der Waals surface area contributed by atoms with Crippen LogP contribution in [0.3, 0.4) is 0 Å². The summed E-state index contributed by atoms with van der Waals surface area (Å²) in [7, 11) is 0. The fraction of sp³-hybridized carbons (Fsp3) is 1.00. The van der Waals surface area contributed by atoms with E-state index in [0.29, 0.717) is 0 Å². The molecule has 14 heavy (non-hydrogen) atoms. The van der Waals surface area contributed by atoms with E-state index in [1.165, 1.54) is 64.2 Å². The number of nitrogens with one attached hydrogen (secondary N) is 1. The predicted molar refractivity (Wildman–Crippen MR) is 56.9 cm³/mol. The van der Waals surface area contributed by atoms with Crippen molar-refractivity contribution in [2.45, 2.75) is 76.3 Å². The summed E-state index contributed by atoms with van der Waals surface area (Å²) in [4.78, 5) is 0. The minimum Gasteiger partial charge on any atom is -0.311 e. The summed E-state index contributed by atoms with van der Waals surface area (Å²) in [5.74, 6) is 0. The summed E-state index contributed by atoms with van der Waals surface area (Å²) in [5.41, 5.74) is 0. The van der Waals surface area contributed by atoms with Crippen LogP contribution in [0.15, 0.2) is 0 Å². The molecule has 0 heterocycles. The van der Waals surface area contributed by atoms with Crippen molar-refractivity contribution < 1.29 is 21.1 Å². The van der Waals surface area contributed by atoms with Crippen LogP contribution in [-0.4, -0.2) is 12.1 Å². The Balaban J connectivity index is 0.000000980. The van der Waals surface area contributed by atoms with E-state index in [-0.39, 0.29) is 21.1 Å². The molecule has 1 N–H and O–H groups in total. The van der Waals surface area contributed by atoms with E-state index in [4.69, 9.17) is 0 Å². The van der Waals surface area contributed by atoms with Gasteiger partial charge in [0.05, 0.1) is 0 Å². The van der Waals surface area contributed by atoms with Gasteiger partial charge >= 0.3 is 0 Å². The minimum atomic E-state index is 0. The van der Waals surface area contributed by atoms with Gasteiger partial charge in [-0.25, -0.2) is 0 Å². The normalized spacial score (nSPS) is 25.7. The molecule has 0 amide bonds. The zero-order valence-electron chi connectivity index (χ0n) is 9.13. The molecular weight excluding hydrogens is 254 g/mol. The summed E-state index contributed by atoms with van der Waals surface area (Å²) >= 11 is 0. The minimum absolute atomic E-state index is 0. The molecule has 2 saturated carbocycles. The van der Waals surface area contributed by atoms with E-state index in [9.17, 15) is 0 Å². The fourth-order valence-corrected chi connectivity index (χ4v) is 2.87. The Bertz CT molecular complexity index is 121. The molecule has 0 unspecified atom stereocenters. The molecule has 2 rings (SSSR count). The van der Waals surface area contributed by atoms with E-state index >= 15 is 0 Å². The maximum atomic E-state index is 3.86. The Kier molecular flexibility index (Phi) is 6.37. The molecular formula is C12H23MoN. The van der Waals surface area contributed by atoms with Crippen LogP contribution in [0.2, 0.25) is 0 Å². The largest absolute Gasteiger partial charge is 0.311 e. The Morgan fingerprint density at radius 1 is 0.571 bits per heavy atom. The van der Waals surface area contributed by atoms with E-state index in [2.05, 4.69) is 5.32 Å². The second kappa shape index (κ2) is 7.01. The number of hydrogen-bond acceptors (Lipinski definition) is 1.